The standard InChI is InChI=1S/C24H42N4O/c1-18(23(3,4)5)17-28-11-9-24(10-12-28)14-20(15-24)29-13-7-8-22(26)21(16-27-6)19(2)25/h7-8,16,18,20,26H,9-15,17,25H2,1-6H3/b8-7-,21-19?,26-22?,27-16?. The van der Waals surface area contributed by atoms with E-state index in [1.54, 1.807) is 26.3 Å². The van der Waals surface area contributed by atoms with Crippen molar-refractivity contribution in [2.45, 2.75) is 66.4 Å². The minimum absolute atomic E-state index is 0.373. The summed E-state index contributed by atoms with van der Waals surface area (Å²) in [4.78, 5) is 6.63. The average Bonchev–Trinajstić information content (AvgIpc) is 2.61. The van der Waals surface area contributed by atoms with Gasteiger partial charge in [-0.05, 0) is 68.5 Å². The van der Waals surface area contributed by atoms with Crippen molar-refractivity contribution in [2.75, 3.05) is 33.3 Å². The van der Waals surface area contributed by atoms with E-state index in [9.17, 15) is 0 Å². The fourth-order valence-electron chi connectivity index (χ4n) is 4.26. The zero-order valence-electron chi connectivity index (χ0n) is 19.4. The Balaban J connectivity index is 1.68. The molecule has 1 aliphatic heterocycles. The zero-order valence-corrected chi connectivity index (χ0v) is 19.4. The number of nitrogens with two attached hydrogens (primary N) is 1. The molecule has 0 bridgehead atoms. The Morgan fingerprint density at radius 3 is 2.45 bits per heavy atom. The van der Waals surface area contributed by atoms with E-state index in [1.807, 2.05) is 6.08 Å². The Labute approximate surface area is 178 Å². The predicted octanol–water partition coefficient (Wildman–Crippen LogP) is 4.44. The van der Waals surface area contributed by atoms with E-state index in [-0.39, 0.29) is 0 Å². The molecule has 2 rings (SSSR count). The minimum Gasteiger partial charge on any atom is -0.402 e. The summed E-state index contributed by atoms with van der Waals surface area (Å²) < 4.78 is 6.01. The van der Waals surface area contributed by atoms with Gasteiger partial charge in [-0.2, -0.15) is 0 Å². The van der Waals surface area contributed by atoms with Gasteiger partial charge >= 0.3 is 0 Å². The van der Waals surface area contributed by atoms with Crippen LogP contribution in [-0.2, 0) is 4.74 Å². The van der Waals surface area contributed by atoms with Crippen LogP contribution < -0.4 is 5.73 Å². The highest BCUT2D eigenvalue weighted by molar-refractivity contribution is 6.20. The minimum atomic E-state index is 0.373. The van der Waals surface area contributed by atoms with E-state index >= 15 is 0 Å². The molecule has 1 unspecified atom stereocenters. The van der Waals surface area contributed by atoms with Gasteiger partial charge in [0.1, 0.15) is 0 Å². The third-order valence-corrected chi connectivity index (χ3v) is 6.93. The number of aliphatic imine (C=N–C) groups is 1. The highest BCUT2D eigenvalue weighted by Crippen LogP contribution is 2.50. The van der Waals surface area contributed by atoms with Gasteiger partial charge in [0.2, 0.25) is 0 Å². The number of nitrogens with zero attached hydrogens (tertiary/aromatic N) is 2. The molecule has 0 aromatic carbocycles. The van der Waals surface area contributed by atoms with Crippen molar-refractivity contribution in [2.24, 2.45) is 27.5 Å². The normalized spacial score (nSPS) is 22.8. The second kappa shape index (κ2) is 10.0. The molecule has 2 aliphatic rings. The highest BCUT2D eigenvalue weighted by Gasteiger charge is 2.46. The summed E-state index contributed by atoms with van der Waals surface area (Å²) in [6.07, 6.45) is 10.7. The van der Waals surface area contributed by atoms with Crippen LogP contribution in [0, 0.1) is 22.2 Å². The third-order valence-electron chi connectivity index (χ3n) is 6.93. The molecular formula is C24H42N4O. The maximum absolute atomic E-state index is 8.11. The van der Waals surface area contributed by atoms with E-state index < -0.39 is 0 Å². The highest BCUT2D eigenvalue weighted by atomic mass is 16.5. The van der Waals surface area contributed by atoms with E-state index in [0.717, 1.165) is 5.92 Å². The van der Waals surface area contributed by atoms with Crippen molar-refractivity contribution in [3.05, 3.63) is 23.4 Å². The van der Waals surface area contributed by atoms with E-state index in [2.05, 4.69) is 37.6 Å². The summed E-state index contributed by atoms with van der Waals surface area (Å²) >= 11 is 0. The molecule has 0 aromatic heterocycles. The molecule has 1 aliphatic carbocycles. The molecule has 0 radical (unpaired) electrons. The molecule has 0 amide bonds. The molecule has 3 N–H and O–H groups in total. The van der Waals surface area contributed by atoms with E-state index in [4.69, 9.17) is 15.9 Å². The molecule has 29 heavy (non-hydrogen) atoms. The van der Waals surface area contributed by atoms with Crippen molar-refractivity contribution >= 4 is 11.9 Å². The van der Waals surface area contributed by atoms with E-state index in [1.165, 1.54) is 45.3 Å². The van der Waals surface area contributed by atoms with Crippen molar-refractivity contribution in [3.8, 4) is 0 Å². The summed E-state index contributed by atoms with van der Waals surface area (Å²) in [6.45, 7) is 15.4. The van der Waals surface area contributed by atoms with Gasteiger partial charge in [-0.15, -0.1) is 0 Å². The zero-order chi connectivity index (χ0) is 21.7. The summed E-state index contributed by atoms with van der Waals surface area (Å²) in [6, 6.07) is 0. The molecule has 5 nitrogen and oxygen atoms in total. The first-order valence-electron chi connectivity index (χ1n) is 11.0. The number of nitrogens with one attached hydrogen (secondary N) is 1. The Kier molecular flexibility index (Phi) is 8.24. The second-order valence-corrected chi connectivity index (χ2v) is 10.2. The Morgan fingerprint density at radius 2 is 1.93 bits per heavy atom. The lowest BCUT2D eigenvalue weighted by Crippen LogP contribution is -2.51. The molecule has 2 fully saturated rings. The number of ether oxygens (including phenoxy) is 1. The summed E-state index contributed by atoms with van der Waals surface area (Å²) in [5.74, 6) is 0.724. The van der Waals surface area contributed by atoms with Gasteiger partial charge in [-0.3, -0.25) is 4.99 Å². The molecule has 1 saturated carbocycles. The number of likely N-dealkylation sites (tertiary alicyclic amines) is 1. The van der Waals surface area contributed by atoms with Crippen LogP contribution in [0.2, 0.25) is 0 Å². The molecule has 5 heteroatoms. The lowest BCUT2D eigenvalue weighted by atomic mass is 9.61. The lowest BCUT2D eigenvalue weighted by molar-refractivity contribution is -0.0990. The molecule has 1 saturated heterocycles. The van der Waals surface area contributed by atoms with Gasteiger partial charge in [0.15, 0.2) is 0 Å². The first kappa shape index (κ1) is 23.8. The molecule has 164 valence electrons. The molecule has 1 heterocycles. The number of hydrogen-bond donors (Lipinski definition) is 2. The Morgan fingerprint density at radius 1 is 1.31 bits per heavy atom. The van der Waals surface area contributed by atoms with Crippen LogP contribution >= 0.6 is 0 Å². The number of rotatable bonds is 8. The van der Waals surface area contributed by atoms with Crippen molar-refractivity contribution in [1.82, 2.24) is 4.90 Å². The average molecular weight is 403 g/mol. The van der Waals surface area contributed by atoms with Gasteiger partial charge in [0, 0.05) is 31.1 Å². The molecule has 1 atom stereocenters. The molecule has 0 aromatic rings. The van der Waals surface area contributed by atoms with Gasteiger partial charge < -0.3 is 20.8 Å². The quantitative estimate of drug-likeness (QED) is 0.589. The van der Waals surface area contributed by atoms with Gasteiger partial charge in [0.05, 0.1) is 18.4 Å². The first-order valence-corrected chi connectivity index (χ1v) is 11.0. The fraction of sp³-hybridized carbons (Fsp3) is 0.750. The third kappa shape index (κ3) is 6.78. The topological polar surface area (TPSA) is 74.7 Å². The van der Waals surface area contributed by atoms with Crippen LogP contribution in [0.5, 0.6) is 0 Å². The largest absolute Gasteiger partial charge is 0.402 e. The van der Waals surface area contributed by atoms with Crippen LogP contribution in [0.25, 0.3) is 0 Å². The van der Waals surface area contributed by atoms with Crippen LogP contribution in [0.4, 0.5) is 0 Å². The van der Waals surface area contributed by atoms with Crippen molar-refractivity contribution < 1.29 is 4.74 Å². The Bertz CT molecular complexity index is 636. The first-order chi connectivity index (χ1) is 13.6. The van der Waals surface area contributed by atoms with Gasteiger partial charge in [0.25, 0.3) is 0 Å². The second-order valence-electron chi connectivity index (χ2n) is 10.2. The smallest absolute Gasteiger partial charge is 0.0655 e. The van der Waals surface area contributed by atoms with Crippen LogP contribution in [0.1, 0.15) is 60.3 Å². The molecule has 1 spiro atoms. The SMILES string of the molecule is CN=CC(C(=N)/C=C\COC1CC2(CCN(CC(C)C(C)(C)C)CC2)C1)=C(C)N. The lowest BCUT2D eigenvalue weighted by Gasteiger charge is -2.52. The van der Waals surface area contributed by atoms with Crippen LogP contribution in [0.15, 0.2) is 28.4 Å². The number of allylic oxidation sites excluding steroid dienone is 3. The number of piperidine rings is 1. The van der Waals surface area contributed by atoms with Gasteiger partial charge in [-0.25, -0.2) is 0 Å². The van der Waals surface area contributed by atoms with Crippen LogP contribution in [-0.4, -0.2) is 56.2 Å². The van der Waals surface area contributed by atoms with E-state index in [0.29, 0.717) is 40.5 Å². The van der Waals surface area contributed by atoms with Gasteiger partial charge in [-0.1, -0.05) is 33.8 Å². The van der Waals surface area contributed by atoms with Crippen LogP contribution in [0.3, 0.4) is 0 Å². The predicted molar refractivity (Wildman–Crippen MR) is 124 cm³/mol. The Hall–Kier alpha value is -1.46. The summed E-state index contributed by atoms with van der Waals surface area (Å²) in [5.41, 5.74) is 8.38. The maximum Gasteiger partial charge on any atom is 0.0655 e. The summed E-state index contributed by atoms with van der Waals surface area (Å²) in [5, 5.41) is 8.11. The summed E-state index contributed by atoms with van der Waals surface area (Å²) in [7, 11) is 1.69. The molecular weight excluding hydrogens is 360 g/mol. The van der Waals surface area contributed by atoms with Crippen molar-refractivity contribution in [3.63, 3.8) is 0 Å². The fourth-order valence-corrected chi connectivity index (χ4v) is 4.26. The van der Waals surface area contributed by atoms with Crippen molar-refractivity contribution in [1.29, 1.82) is 5.41 Å². The maximum atomic E-state index is 8.11. The number of hydrogen-bond acceptors (Lipinski definition) is 5. The monoisotopic (exact) mass is 402 g/mol.